The average Bonchev–Trinajstić information content (AvgIpc) is 2.71. The molecule has 0 radical (unpaired) electrons. The first-order chi connectivity index (χ1) is 8.31. The van der Waals surface area contributed by atoms with Gasteiger partial charge in [-0.25, -0.2) is 4.98 Å². The zero-order valence-electron chi connectivity index (χ0n) is 10.3. The Balaban J connectivity index is 1.83. The lowest BCUT2D eigenvalue weighted by molar-refractivity contribution is 0.522. The second-order valence-electron chi connectivity index (χ2n) is 4.96. The summed E-state index contributed by atoms with van der Waals surface area (Å²) in [6.45, 7) is 3.29. The average molecular weight is 226 g/mol. The van der Waals surface area contributed by atoms with Crippen LogP contribution >= 0.6 is 0 Å². The zero-order chi connectivity index (χ0) is 11.7. The smallest absolute Gasteiger partial charge is 0.108 e. The van der Waals surface area contributed by atoms with Crippen LogP contribution in [0.1, 0.15) is 35.5 Å². The standard InChI is InChI=1S/C15H18N2/c1-12-5-4-6-13(9-12)10-14-11-17-8-3-2-7-15(17)16-14/h4-6,9,11H,2-3,7-8,10H2,1H3. The van der Waals surface area contributed by atoms with Crippen molar-refractivity contribution in [3.8, 4) is 0 Å². The summed E-state index contributed by atoms with van der Waals surface area (Å²) in [7, 11) is 0. The van der Waals surface area contributed by atoms with Gasteiger partial charge in [-0.05, 0) is 25.3 Å². The molecule has 0 fully saturated rings. The fraction of sp³-hybridized carbons (Fsp3) is 0.400. The van der Waals surface area contributed by atoms with Crippen LogP contribution in [0.5, 0.6) is 0 Å². The van der Waals surface area contributed by atoms with Gasteiger partial charge in [0.15, 0.2) is 0 Å². The van der Waals surface area contributed by atoms with Crippen molar-refractivity contribution in [1.29, 1.82) is 0 Å². The van der Waals surface area contributed by atoms with Crippen molar-refractivity contribution in [2.24, 2.45) is 0 Å². The molecule has 2 nitrogen and oxygen atoms in total. The number of imidazole rings is 1. The van der Waals surface area contributed by atoms with Crippen LogP contribution in [0, 0.1) is 6.92 Å². The van der Waals surface area contributed by atoms with Gasteiger partial charge in [-0.2, -0.15) is 0 Å². The van der Waals surface area contributed by atoms with Crippen LogP contribution in [0.15, 0.2) is 30.5 Å². The molecule has 0 bridgehead atoms. The number of hydrogen-bond acceptors (Lipinski definition) is 1. The Labute approximate surface area is 102 Å². The van der Waals surface area contributed by atoms with Gasteiger partial charge in [0.05, 0.1) is 5.69 Å². The van der Waals surface area contributed by atoms with E-state index in [1.807, 2.05) is 0 Å². The molecule has 0 saturated heterocycles. The quantitative estimate of drug-likeness (QED) is 0.769. The molecule has 0 atom stereocenters. The highest BCUT2D eigenvalue weighted by molar-refractivity contribution is 5.26. The molecular formula is C15H18N2. The first-order valence-electron chi connectivity index (χ1n) is 6.42. The van der Waals surface area contributed by atoms with E-state index < -0.39 is 0 Å². The van der Waals surface area contributed by atoms with E-state index in [1.54, 1.807) is 0 Å². The molecule has 88 valence electrons. The summed E-state index contributed by atoms with van der Waals surface area (Å²) in [5.41, 5.74) is 3.90. The van der Waals surface area contributed by atoms with Gasteiger partial charge in [-0.1, -0.05) is 29.8 Å². The predicted octanol–water partition coefficient (Wildman–Crippen LogP) is 3.12. The summed E-state index contributed by atoms with van der Waals surface area (Å²) in [4.78, 5) is 4.74. The van der Waals surface area contributed by atoms with E-state index in [2.05, 4.69) is 42.0 Å². The minimum Gasteiger partial charge on any atom is -0.335 e. The van der Waals surface area contributed by atoms with Crippen molar-refractivity contribution < 1.29 is 0 Å². The molecule has 0 spiro atoms. The van der Waals surface area contributed by atoms with Crippen LogP contribution in [-0.2, 0) is 19.4 Å². The number of hydrogen-bond donors (Lipinski definition) is 0. The molecule has 2 heteroatoms. The van der Waals surface area contributed by atoms with E-state index in [4.69, 9.17) is 4.98 Å². The Kier molecular flexibility index (Phi) is 2.71. The molecular weight excluding hydrogens is 208 g/mol. The third kappa shape index (κ3) is 2.26. The first-order valence-corrected chi connectivity index (χ1v) is 6.42. The molecule has 3 rings (SSSR count). The van der Waals surface area contributed by atoms with Crippen molar-refractivity contribution in [2.45, 2.75) is 39.2 Å². The summed E-state index contributed by atoms with van der Waals surface area (Å²) >= 11 is 0. The molecule has 1 aliphatic heterocycles. The third-order valence-corrected chi connectivity index (χ3v) is 3.43. The molecule has 1 aliphatic rings. The Morgan fingerprint density at radius 2 is 2.24 bits per heavy atom. The van der Waals surface area contributed by atoms with Gasteiger partial charge >= 0.3 is 0 Å². The van der Waals surface area contributed by atoms with Crippen LogP contribution in [0.3, 0.4) is 0 Å². The molecule has 17 heavy (non-hydrogen) atoms. The van der Waals surface area contributed by atoms with Crippen LogP contribution in [-0.4, -0.2) is 9.55 Å². The van der Waals surface area contributed by atoms with Gasteiger partial charge in [0.1, 0.15) is 5.82 Å². The monoisotopic (exact) mass is 226 g/mol. The Bertz CT molecular complexity index is 502. The lowest BCUT2D eigenvalue weighted by Gasteiger charge is -2.11. The van der Waals surface area contributed by atoms with E-state index in [0.717, 1.165) is 19.4 Å². The minimum atomic E-state index is 0.960. The largest absolute Gasteiger partial charge is 0.335 e. The molecule has 0 amide bonds. The van der Waals surface area contributed by atoms with Crippen molar-refractivity contribution in [1.82, 2.24) is 9.55 Å². The van der Waals surface area contributed by atoms with Gasteiger partial charge < -0.3 is 4.57 Å². The second-order valence-corrected chi connectivity index (χ2v) is 4.96. The van der Waals surface area contributed by atoms with Gasteiger partial charge in [0.25, 0.3) is 0 Å². The van der Waals surface area contributed by atoms with Crippen molar-refractivity contribution in [3.05, 3.63) is 53.1 Å². The Hall–Kier alpha value is -1.57. The maximum Gasteiger partial charge on any atom is 0.108 e. The second kappa shape index (κ2) is 4.36. The van der Waals surface area contributed by atoms with E-state index in [0.29, 0.717) is 0 Å². The molecule has 2 aromatic rings. The summed E-state index contributed by atoms with van der Waals surface area (Å²) in [6.07, 6.45) is 6.93. The lowest BCUT2D eigenvalue weighted by atomic mass is 10.1. The molecule has 0 unspecified atom stereocenters. The summed E-state index contributed by atoms with van der Waals surface area (Å²) in [5.74, 6) is 1.28. The highest BCUT2D eigenvalue weighted by Gasteiger charge is 2.12. The minimum absolute atomic E-state index is 0.960. The van der Waals surface area contributed by atoms with Crippen molar-refractivity contribution in [3.63, 3.8) is 0 Å². The van der Waals surface area contributed by atoms with Gasteiger partial charge in [-0.3, -0.25) is 0 Å². The number of fused-ring (bicyclic) bond motifs is 1. The fourth-order valence-electron chi connectivity index (χ4n) is 2.59. The summed E-state index contributed by atoms with van der Waals surface area (Å²) in [6, 6.07) is 8.70. The van der Waals surface area contributed by atoms with Crippen LogP contribution < -0.4 is 0 Å². The zero-order valence-corrected chi connectivity index (χ0v) is 10.3. The van der Waals surface area contributed by atoms with E-state index in [9.17, 15) is 0 Å². The van der Waals surface area contributed by atoms with Crippen molar-refractivity contribution in [2.75, 3.05) is 0 Å². The number of rotatable bonds is 2. The Morgan fingerprint density at radius 1 is 1.29 bits per heavy atom. The predicted molar refractivity (Wildman–Crippen MR) is 69.2 cm³/mol. The normalized spacial score (nSPS) is 14.6. The van der Waals surface area contributed by atoms with Crippen LogP contribution in [0.25, 0.3) is 0 Å². The number of aromatic nitrogens is 2. The van der Waals surface area contributed by atoms with E-state index in [1.165, 1.54) is 35.5 Å². The number of aryl methyl sites for hydroxylation is 3. The van der Waals surface area contributed by atoms with Gasteiger partial charge in [0, 0.05) is 25.6 Å². The number of benzene rings is 1. The van der Waals surface area contributed by atoms with Gasteiger partial charge in [-0.15, -0.1) is 0 Å². The molecule has 0 saturated carbocycles. The van der Waals surface area contributed by atoms with E-state index >= 15 is 0 Å². The Morgan fingerprint density at radius 3 is 3.06 bits per heavy atom. The first kappa shape index (κ1) is 10.6. The highest BCUT2D eigenvalue weighted by atomic mass is 15.1. The van der Waals surface area contributed by atoms with Crippen LogP contribution in [0.4, 0.5) is 0 Å². The maximum absolute atomic E-state index is 4.74. The third-order valence-electron chi connectivity index (χ3n) is 3.43. The van der Waals surface area contributed by atoms with Crippen LogP contribution in [0.2, 0.25) is 0 Å². The van der Waals surface area contributed by atoms with Gasteiger partial charge in [0.2, 0.25) is 0 Å². The lowest BCUT2D eigenvalue weighted by Crippen LogP contribution is -2.08. The highest BCUT2D eigenvalue weighted by Crippen LogP contribution is 2.17. The molecule has 0 aliphatic carbocycles. The molecule has 1 aromatic heterocycles. The molecule has 1 aromatic carbocycles. The fourth-order valence-corrected chi connectivity index (χ4v) is 2.59. The molecule has 2 heterocycles. The summed E-state index contributed by atoms with van der Waals surface area (Å²) in [5, 5.41) is 0. The maximum atomic E-state index is 4.74. The topological polar surface area (TPSA) is 17.8 Å². The number of nitrogens with zero attached hydrogens (tertiary/aromatic N) is 2. The molecule has 0 N–H and O–H groups in total. The SMILES string of the molecule is Cc1cccc(Cc2cn3c(n2)CCCC3)c1. The van der Waals surface area contributed by atoms with Crippen molar-refractivity contribution >= 4 is 0 Å². The van der Waals surface area contributed by atoms with E-state index in [-0.39, 0.29) is 0 Å². The summed E-state index contributed by atoms with van der Waals surface area (Å²) < 4.78 is 2.33.